The first kappa shape index (κ1) is 21.2. The van der Waals surface area contributed by atoms with Gasteiger partial charge in [-0.2, -0.15) is 0 Å². The Morgan fingerprint density at radius 1 is 1.04 bits per heavy atom. The lowest BCUT2D eigenvalue weighted by atomic mass is 10.1. The van der Waals surface area contributed by atoms with Crippen molar-refractivity contribution in [2.75, 3.05) is 46.4 Å². The van der Waals surface area contributed by atoms with E-state index in [1.807, 2.05) is 17.0 Å². The van der Waals surface area contributed by atoms with Crippen LogP contribution < -0.4 is 10.1 Å². The van der Waals surface area contributed by atoms with Gasteiger partial charge >= 0.3 is 0 Å². The largest absolute Gasteiger partial charge is 0.497 e. The summed E-state index contributed by atoms with van der Waals surface area (Å²) in [5, 5.41) is 2.87. The number of unbranched alkanes of at least 4 members (excludes halogenated alkanes) is 1. The maximum Gasteiger partial charge on any atom is 0.224 e. The number of amides is 2. The molecule has 2 amide bonds. The van der Waals surface area contributed by atoms with Gasteiger partial charge in [0.25, 0.3) is 0 Å². The summed E-state index contributed by atoms with van der Waals surface area (Å²) in [4.78, 5) is 28.4. The molecule has 0 saturated carbocycles. The molecular weight excluding hydrogens is 342 g/mol. The third-order valence-electron chi connectivity index (χ3n) is 5.11. The van der Waals surface area contributed by atoms with Gasteiger partial charge in [0.15, 0.2) is 0 Å². The summed E-state index contributed by atoms with van der Waals surface area (Å²) in [6.07, 6.45) is 3.69. The van der Waals surface area contributed by atoms with Crippen LogP contribution in [0.3, 0.4) is 0 Å². The number of likely N-dealkylation sites (N-methyl/N-ethyl adjacent to an activating group) is 1. The van der Waals surface area contributed by atoms with Crippen molar-refractivity contribution in [1.29, 1.82) is 0 Å². The zero-order chi connectivity index (χ0) is 19.5. The minimum atomic E-state index is 0.0355. The fourth-order valence-electron chi connectivity index (χ4n) is 3.28. The van der Waals surface area contributed by atoms with Gasteiger partial charge in [-0.25, -0.2) is 0 Å². The second-order valence-electron chi connectivity index (χ2n) is 6.97. The van der Waals surface area contributed by atoms with Crippen LogP contribution in [-0.4, -0.2) is 68.0 Å². The fraction of sp³-hybridized carbons (Fsp3) is 0.619. The van der Waals surface area contributed by atoms with Crippen molar-refractivity contribution < 1.29 is 14.3 Å². The summed E-state index contributed by atoms with van der Waals surface area (Å²) in [7, 11) is 1.66. The lowest BCUT2D eigenvalue weighted by Crippen LogP contribution is -2.49. The van der Waals surface area contributed by atoms with Gasteiger partial charge in [0.2, 0.25) is 11.8 Å². The standard InChI is InChI=1S/C21H33N3O3/c1-3-23-14-16-24(17-15-23)21(26)12-13-22-20(25)7-5-4-6-18-8-10-19(27-2)11-9-18/h8-11H,3-7,12-17H2,1-2H3,(H,22,25). The van der Waals surface area contributed by atoms with E-state index >= 15 is 0 Å². The average Bonchev–Trinajstić information content (AvgIpc) is 2.71. The molecule has 1 aromatic rings. The van der Waals surface area contributed by atoms with Crippen molar-refractivity contribution >= 4 is 11.8 Å². The van der Waals surface area contributed by atoms with E-state index in [0.29, 0.717) is 19.4 Å². The van der Waals surface area contributed by atoms with Crippen molar-refractivity contribution in [2.45, 2.75) is 39.0 Å². The SMILES string of the molecule is CCN1CCN(C(=O)CCNC(=O)CCCCc2ccc(OC)cc2)CC1. The Hall–Kier alpha value is -2.08. The summed E-state index contributed by atoms with van der Waals surface area (Å²) < 4.78 is 5.15. The van der Waals surface area contributed by atoms with Crippen LogP contribution in [0.5, 0.6) is 5.75 Å². The molecule has 1 aliphatic rings. The van der Waals surface area contributed by atoms with E-state index in [2.05, 4.69) is 29.3 Å². The monoisotopic (exact) mass is 375 g/mol. The molecule has 1 fully saturated rings. The van der Waals surface area contributed by atoms with Crippen LogP contribution in [0.4, 0.5) is 0 Å². The molecule has 27 heavy (non-hydrogen) atoms. The molecule has 1 aromatic carbocycles. The summed E-state index contributed by atoms with van der Waals surface area (Å²) >= 11 is 0. The third-order valence-corrected chi connectivity index (χ3v) is 5.11. The molecular formula is C21H33N3O3. The van der Waals surface area contributed by atoms with E-state index < -0.39 is 0 Å². The number of hydrogen-bond acceptors (Lipinski definition) is 4. The van der Waals surface area contributed by atoms with Gasteiger partial charge in [0, 0.05) is 45.6 Å². The molecule has 0 atom stereocenters. The van der Waals surface area contributed by atoms with Crippen LogP contribution in [0.2, 0.25) is 0 Å². The lowest BCUT2D eigenvalue weighted by Gasteiger charge is -2.34. The number of benzene rings is 1. The van der Waals surface area contributed by atoms with E-state index in [1.165, 1.54) is 5.56 Å². The number of nitrogens with one attached hydrogen (secondary N) is 1. The first-order valence-electron chi connectivity index (χ1n) is 10.0. The van der Waals surface area contributed by atoms with E-state index in [0.717, 1.165) is 57.7 Å². The van der Waals surface area contributed by atoms with E-state index in [4.69, 9.17) is 4.74 Å². The Kier molecular flexibility index (Phi) is 9.11. The lowest BCUT2D eigenvalue weighted by molar-refractivity contribution is -0.132. The molecule has 6 nitrogen and oxygen atoms in total. The van der Waals surface area contributed by atoms with E-state index in [1.54, 1.807) is 7.11 Å². The minimum Gasteiger partial charge on any atom is -0.497 e. The van der Waals surface area contributed by atoms with Crippen LogP contribution in [0.1, 0.15) is 38.2 Å². The van der Waals surface area contributed by atoms with Crippen molar-refractivity contribution in [2.24, 2.45) is 0 Å². The van der Waals surface area contributed by atoms with Crippen LogP contribution in [0.25, 0.3) is 0 Å². The molecule has 0 bridgehead atoms. The molecule has 0 aromatic heterocycles. The highest BCUT2D eigenvalue weighted by Crippen LogP contribution is 2.13. The van der Waals surface area contributed by atoms with Gasteiger partial charge in [-0.05, 0) is 43.5 Å². The number of methoxy groups -OCH3 is 1. The number of nitrogens with zero attached hydrogens (tertiary/aromatic N) is 2. The summed E-state index contributed by atoms with van der Waals surface area (Å²) in [6, 6.07) is 8.04. The zero-order valence-corrected chi connectivity index (χ0v) is 16.7. The van der Waals surface area contributed by atoms with Gasteiger partial charge in [0.05, 0.1) is 7.11 Å². The second kappa shape index (κ2) is 11.6. The van der Waals surface area contributed by atoms with Gasteiger partial charge in [0.1, 0.15) is 5.75 Å². The highest BCUT2D eigenvalue weighted by molar-refractivity contribution is 5.79. The van der Waals surface area contributed by atoms with Crippen LogP contribution in [0, 0.1) is 0 Å². The Morgan fingerprint density at radius 3 is 2.37 bits per heavy atom. The normalized spacial score (nSPS) is 14.8. The molecule has 2 rings (SSSR count). The fourth-order valence-corrected chi connectivity index (χ4v) is 3.28. The van der Waals surface area contributed by atoms with Crippen LogP contribution in [0.15, 0.2) is 24.3 Å². The number of hydrogen-bond donors (Lipinski definition) is 1. The number of ether oxygens (including phenoxy) is 1. The van der Waals surface area contributed by atoms with Crippen LogP contribution >= 0.6 is 0 Å². The number of carbonyl (C=O) groups is 2. The van der Waals surface area contributed by atoms with Crippen molar-refractivity contribution in [3.63, 3.8) is 0 Å². The molecule has 150 valence electrons. The predicted molar refractivity (Wildman–Crippen MR) is 107 cm³/mol. The van der Waals surface area contributed by atoms with Gasteiger partial charge in [-0.1, -0.05) is 19.1 Å². The molecule has 6 heteroatoms. The molecule has 0 spiro atoms. The quantitative estimate of drug-likeness (QED) is 0.636. The maximum absolute atomic E-state index is 12.2. The first-order valence-corrected chi connectivity index (χ1v) is 10.0. The Bertz CT molecular complexity index is 581. The second-order valence-corrected chi connectivity index (χ2v) is 6.97. The van der Waals surface area contributed by atoms with Crippen LogP contribution in [-0.2, 0) is 16.0 Å². The van der Waals surface area contributed by atoms with Crippen molar-refractivity contribution in [3.05, 3.63) is 29.8 Å². The smallest absolute Gasteiger partial charge is 0.224 e. The topological polar surface area (TPSA) is 61.9 Å². The Balaban J connectivity index is 1.52. The van der Waals surface area contributed by atoms with Crippen molar-refractivity contribution in [1.82, 2.24) is 15.1 Å². The van der Waals surface area contributed by atoms with E-state index in [9.17, 15) is 9.59 Å². The van der Waals surface area contributed by atoms with Gasteiger partial charge in [-0.3, -0.25) is 9.59 Å². The summed E-state index contributed by atoms with van der Waals surface area (Å²) in [6.45, 7) is 7.11. The molecule has 0 unspecified atom stereocenters. The Labute approximate surface area is 162 Å². The van der Waals surface area contributed by atoms with Crippen molar-refractivity contribution in [3.8, 4) is 5.75 Å². The minimum absolute atomic E-state index is 0.0355. The number of aryl methyl sites for hydroxylation is 1. The molecule has 1 heterocycles. The molecule has 0 aliphatic carbocycles. The maximum atomic E-state index is 12.2. The number of rotatable bonds is 10. The third kappa shape index (κ3) is 7.59. The van der Waals surface area contributed by atoms with E-state index in [-0.39, 0.29) is 11.8 Å². The predicted octanol–water partition coefficient (Wildman–Crippen LogP) is 2.08. The average molecular weight is 376 g/mol. The first-order chi connectivity index (χ1) is 13.1. The summed E-state index contributed by atoms with van der Waals surface area (Å²) in [5.41, 5.74) is 1.25. The van der Waals surface area contributed by atoms with Gasteiger partial charge < -0.3 is 19.9 Å². The van der Waals surface area contributed by atoms with Gasteiger partial charge in [-0.15, -0.1) is 0 Å². The molecule has 1 aliphatic heterocycles. The summed E-state index contributed by atoms with van der Waals surface area (Å²) in [5.74, 6) is 1.04. The zero-order valence-electron chi connectivity index (χ0n) is 16.7. The Morgan fingerprint density at radius 2 is 1.74 bits per heavy atom. The number of piperazine rings is 1. The highest BCUT2D eigenvalue weighted by Gasteiger charge is 2.19. The number of carbonyl (C=O) groups excluding carboxylic acids is 2. The molecule has 1 N–H and O–H groups in total. The molecule has 0 radical (unpaired) electrons. The highest BCUT2D eigenvalue weighted by atomic mass is 16.5. The molecule has 1 saturated heterocycles.